The average Bonchev–Trinajstić information content (AvgIpc) is 2.16. The number of rotatable bonds is 3. The Bertz CT molecular complexity index is 369. The predicted octanol–water partition coefficient (Wildman–Crippen LogP) is 4.78. The molecule has 1 nitrogen and oxygen atoms in total. The van der Waals surface area contributed by atoms with Gasteiger partial charge >= 0.3 is 0 Å². The summed E-state index contributed by atoms with van der Waals surface area (Å²) < 4.78 is 0. The van der Waals surface area contributed by atoms with E-state index in [2.05, 4.69) is 26.1 Å². The molecule has 90 valence electrons. The zero-order chi connectivity index (χ0) is 12.3. The van der Waals surface area contributed by atoms with Crippen LogP contribution < -0.4 is 5.32 Å². The highest BCUT2D eigenvalue weighted by Gasteiger charge is 2.12. The van der Waals surface area contributed by atoms with Gasteiger partial charge in [0.2, 0.25) is 0 Å². The normalized spacial score (nSPS) is 11.9. The Balaban J connectivity index is 2.71. The van der Waals surface area contributed by atoms with Gasteiger partial charge in [0.1, 0.15) is 0 Å². The molecule has 0 fully saturated rings. The first-order valence-electron chi connectivity index (χ1n) is 5.14. The van der Waals surface area contributed by atoms with E-state index in [4.69, 9.17) is 34.8 Å². The van der Waals surface area contributed by atoms with Gasteiger partial charge in [-0.1, -0.05) is 55.6 Å². The van der Waals surface area contributed by atoms with E-state index in [-0.39, 0.29) is 5.41 Å². The Morgan fingerprint density at radius 2 is 1.62 bits per heavy atom. The van der Waals surface area contributed by atoms with E-state index in [1.807, 2.05) is 0 Å². The Labute approximate surface area is 112 Å². The molecule has 0 atom stereocenters. The van der Waals surface area contributed by atoms with E-state index >= 15 is 0 Å². The Hall–Kier alpha value is 0.0500. The summed E-state index contributed by atoms with van der Waals surface area (Å²) in [6.45, 7) is 8.03. The number of benzene rings is 1. The van der Waals surface area contributed by atoms with Gasteiger partial charge in [-0.05, 0) is 17.5 Å². The summed E-state index contributed by atoms with van der Waals surface area (Å²) in [6, 6.07) is 3.48. The maximum atomic E-state index is 6.09. The predicted molar refractivity (Wildman–Crippen MR) is 72.6 cm³/mol. The molecule has 1 N–H and O–H groups in total. The van der Waals surface area contributed by atoms with Crippen LogP contribution in [0.4, 0.5) is 0 Å². The third-order valence-electron chi connectivity index (χ3n) is 2.10. The van der Waals surface area contributed by atoms with Crippen molar-refractivity contribution in [3.05, 3.63) is 32.8 Å². The topological polar surface area (TPSA) is 12.0 Å². The largest absolute Gasteiger partial charge is 0.312 e. The first kappa shape index (κ1) is 14.1. The van der Waals surface area contributed by atoms with Crippen molar-refractivity contribution in [2.24, 2.45) is 5.41 Å². The standard InChI is InChI=1S/C12H16Cl3N/c1-12(2,3)7-16-6-8-9(13)4-5-10(14)11(8)15/h4-5,16H,6-7H2,1-3H3. The molecule has 0 saturated carbocycles. The van der Waals surface area contributed by atoms with Crippen LogP contribution in [0.15, 0.2) is 12.1 Å². The molecular formula is C12H16Cl3N. The van der Waals surface area contributed by atoms with Crippen molar-refractivity contribution in [3.8, 4) is 0 Å². The molecule has 0 amide bonds. The summed E-state index contributed by atoms with van der Waals surface area (Å²) in [5, 5.41) is 5.05. The molecule has 0 unspecified atom stereocenters. The van der Waals surface area contributed by atoms with Crippen molar-refractivity contribution in [2.75, 3.05) is 6.54 Å². The fourth-order valence-corrected chi connectivity index (χ4v) is 1.97. The van der Waals surface area contributed by atoms with Gasteiger partial charge in [0.25, 0.3) is 0 Å². The van der Waals surface area contributed by atoms with Gasteiger partial charge in [-0.3, -0.25) is 0 Å². The molecular weight excluding hydrogens is 264 g/mol. The Kier molecular flexibility index (Phi) is 4.93. The minimum atomic E-state index is 0.234. The van der Waals surface area contributed by atoms with E-state index < -0.39 is 0 Å². The van der Waals surface area contributed by atoms with Crippen LogP contribution in [0.3, 0.4) is 0 Å². The van der Waals surface area contributed by atoms with Crippen molar-refractivity contribution < 1.29 is 0 Å². The average molecular weight is 281 g/mol. The molecule has 0 aromatic heterocycles. The highest BCUT2D eigenvalue weighted by molar-refractivity contribution is 6.44. The lowest BCUT2D eigenvalue weighted by Gasteiger charge is -2.19. The molecule has 1 aromatic carbocycles. The first-order chi connectivity index (χ1) is 7.31. The number of halogens is 3. The van der Waals surface area contributed by atoms with Gasteiger partial charge < -0.3 is 5.32 Å². The molecule has 4 heteroatoms. The fourth-order valence-electron chi connectivity index (χ4n) is 1.29. The zero-order valence-corrected chi connectivity index (χ0v) is 12.0. The quantitative estimate of drug-likeness (QED) is 0.786. The van der Waals surface area contributed by atoms with Gasteiger partial charge in [0, 0.05) is 23.7 Å². The van der Waals surface area contributed by atoms with Crippen LogP contribution in [0.25, 0.3) is 0 Å². The van der Waals surface area contributed by atoms with Gasteiger partial charge in [0.05, 0.1) is 10.0 Å². The first-order valence-corrected chi connectivity index (χ1v) is 6.28. The van der Waals surface area contributed by atoms with E-state index in [1.165, 1.54) is 0 Å². The lowest BCUT2D eigenvalue weighted by molar-refractivity contribution is 0.379. The summed E-state index contributed by atoms with van der Waals surface area (Å²) >= 11 is 18.1. The molecule has 0 aliphatic heterocycles. The highest BCUT2D eigenvalue weighted by Crippen LogP contribution is 2.31. The van der Waals surface area contributed by atoms with Crippen LogP contribution in [-0.4, -0.2) is 6.54 Å². The van der Waals surface area contributed by atoms with Crippen LogP contribution >= 0.6 is 34.8 Å². The summed E-state index contributed by atoms with van der Waals surface area (Å²) in [6.07, 6.45) is 0. The van der Waals surface area contributed by atoms with Gasteiger partial charge in [-0.25, -0.2) is 0 Å². The minimum absolute atomic E-state index is 0.234. The van der Waals surface area contributed by atoms with E-state index in [0.717, 1.165) is 12.1 Å². The SMILES string of the molecule is CC(C)(C)CNCc1c(Cl)ccc(Cl)c1Cl. The molecule has 16 heavy (non-hydrogen) atoms. The summed E-state index contributed by atoms with van der Waals surface area (Å²) in [5.41, 5.74) is 1.09. The maximum Gasteiger partial charge on any atom is 0.0652 e. The molecule has 0 heterocycles. The van der Waals surface area contributed by atoms with Crippen LogP contribution in [0, 0.1) is 5.41 Å². The van der Waals surface area contributed by atoms with Crippen molar-refractivity contribution in [3.63, 3.8) is 0 Å². The Morgan fingerprint density at radius 1 is 1.06 bits per heavy atom. The molecule has 0 aliphatic carbocycles. The van der Waals surface area contributed by atoms with E-state index in [9.17, 15) is 0 Å². The number of nitrogens with one attached hydrogen (secondary N) is 1. The monoisotopic (exact) mass is 279 g/mol. The van der Waals surface area contributed by atoms with Gasteiger partial charge in [-0.15, -0.1) is 0 Å². The molecule has 0 bridgehead atoms. The second kappa shape index (κ2) is 5.59. The lowest BCUT2D eigenvalue weighted by Crippen LogP contribution is -2.26. The molecule has 1 rings (SSSR count). The van der Waals surface area contributed by atoms with Crippen LogP contribution in [0.5, 0.6) is 0 Å². The molecule has 0 saturated heterocycles. The Morgan fingerprint density at radius 3 is 2.19 bits per heavy atom. The van der Waals surface area contributed by atoms with Crippen molar-refractivity contribution in [1.82, 2.24) is 5.32 Å². The van der Waals surface area contributed by atoms with Gasteiger partial charge in [-0.2, -0.15) is 0 Å². The summed E-state index contributed by atoms with van der Waals surface area (Å²) in [4.78, 5) is 0. The number of hydrogen-bond acceptors (Lipinski definition) is 1. The third-order valence-corrected chi connectivity index (χ3v) is 3.29. The molecule has 0 aliphatic rings. The molecule has 0 radical (unpaired) electrons. The third kappa shape index (κ3) is 4.14. The van der Waals surface area contributed by atoms with E-state index in [1.54, 1.807) is 12.1 Å². The lowest BCUT2D eigenvalue weighted by atomic mass is 9.97. The minimum Gasteiger partial charge on any atom is -0.312 e. The highest BCUT2D eigenvalue weighted by atomic mass is 35.5. The second-order valence-corrected chi connectivity index (χ2v) is 6.18. The number of hydrogen-bond donors (Lipinski definition) is 1. The smallest absolute Gasteiger partial charge is 0.0652 e. The zero-order valence-electron chi connectivity index (χ0n) is 9.70. The maximum absolute atomic E-state index is 6.09. The molecule has 0 spiro atoms. The van der Waals surface area contributed by atoms with E-state index in [0.29, 0.717) is 21.6 Å². The van der Waals surface area contributed by atoms with Crippen molar-refractivity contribution in [1.29, 1.82) is 0 Å². The van der Waals surface area contributed by atoms with Crippen molar-refractivity contribution in [2.45, 2.75) is 27.3 Å². The van der Waals surface area contributed by atoms with Crippen LogP contribution in [0.2, 0.25) is 15.1 Å². The summed E-state index contributed by atoms with van der Waals surface area (Å²) in [7, 11) is 0. The fraction of sp³-hybridized carbons (Fsp3) is 0.500. The van der Waals surface area contributed by atoms with Crippen molar-refractivity contribution >= 4 is 34.8 Å². The van der Waals surface area contributed by atoms with Gasteiger partial charge in [0.15, 0.2) is 0 Å². The molecule has 1 aromatic rings. The van der Waals surface area contributed by atoms with Crippen LogP contribution in [-0.2, 0) is 6.54 Å². The summed E-state index contributed by atoms with van der Waals surface area (Å²) in [5.74, 6) is 0. The van der Waals surface area contributed by atoms with Crippen LogP contribution in [0.1, 0.15) is 26.3 Å². The second-order valence-electron chi connectivity index (χ2n) is 4.99.